The number of carboxylic acid groups (broad SMARTS) is 1. The summed E-state index contributed by atoms with van der Waals surface area (Å²) in [6.07, 6.45) is 5.98. The van der Waals surface area contributed by atoms with E-state index in [1.165, 1.54) is 32.8 Å². The van der Waals surface area contributed by atoms with Crippen LogP contribution in [0.15, 0.2) is 18.2 Å². The number of methoxy groups -OCH3 is 2. The van der Waals surface area contributed by atoms with Gasteiger partial charge < -0.3 is 19.9 Å². The highest BCUT2D eigenvalue weighted by Gasteiger charge is 2.23. The first-order chi connectivity index (χ1) is 12.0. The van der Waals surface area contributed by atoms with Crippen LogP contribution in [0.2, 0.25) is 0 Å². The maximum atomic E-state index is 12.3. The van der Waals surface area contributed by atoms with Gasteiger partial charge in [0.2, 0.25) is 5.91 Å². The number of nitrogens with one attached hydrogen (secondary N) is 1. The van der Waals surface area contributed by atoms with Crippen LogP contribution in [0.25, 0.3) is 0 Å². The second kappa shape index (κ2) is 9.30. The third-order valence-corrected chi connectivity index (χ3v) is 4.78. The van der Waals surface area contributed by atoms with E-state index < -0.39 is 12.0 Å². The van der Waals surface area contributed by atoms with Gasteiger partial charge in [-0.15, -0.1) is 0 Å². The van der Waals surface area contributed by atoms with Gasteiger partial charge >= 0.3 is 5.97 Å². The SMILES string of the molecule is COc1ccc(C(CC(=O)O)NC(=O)CCC2CCCC2)c(OC)c1. The molecule has 25 heavy (non-hydrogen) atoms. The highest BCUT2D eigenvalue weighted by atomic mass is 16.5. The predicted octanol–water partition coefficient (Wildman–Crippen LogP) is 3.31. The fraction of sp³-hybridized carbons (Fsp3) is 0.579. The zero-order valence-electron chi connectivity index (χ0n) is 14.9. The average Bonchev–Trinajstić information content (AvgIpc) is 3.12. The van der Waals surface area contributed by atoms with Crippen molar-refractivity contribution in [2.45, 2.75) is 51.0 Å². The Balaban J connectivity index is 2.07. The Labute approximate surface area is 148 Å². The maximum absolute atomic E-state index is 12.3. The monoisotopic (exact) mass is 349 g/mol. The molecule has 1 atom stereocenters. The van der Waals surface area contributed by atoms with Gasteiger partial charge in [0.15, 0.2) is 0 Å². The van der Waals surface area contributed by atoms with Gasteiger partial charge in [-0.1, -0.05) is 25.7 Å². The Morgan fingerprint density at radius 1 is 1.24 bits per heavy atom. The molecule has 0 radical (unpaired) electrons. The van der Waals surface area contributed by atoms with Crippen molar-refractivity contribution in [2.24, 2.45) is 5.92 Å². The van der Waals surface area contributed by atoms with Gasteiger partial charge in [-0.25, -0.2) is 0 Å². The molecule has 1 amide bonds. The summed E-state index contributed by atoms with van der Waals surface area (Å²) in [6.45, 7) is 0. The lowest BCUT2D eigenvalue weighted by molar-refractivity contribution is -0.137. The van der Waals surface area contributed by atoms with Gasteiger partial charge in [0, 0.05) is 18.1 Å². The van der Waals surface area contributed by atoms with Gasteiger partial charge in [-0.2, -0.15) is 0 Å². The van der Waals surface area contributed by atoms with E-state index in [-0.39, 0.29) is 12.3 Å². The van der Waals surface area contributed by atoms with E-state index in [1.54, 1.807) is 25.3 Å². The normalized spacial score (nSPS) is 15.6. The number of carbonyl (C=O) groups excluding carboxylic acids is 1. The molecule has 1 aliphatic rings. The molecule has 0 saturated heterocycles. The van der Waals surface area contributed by atoms with Crippen molar-refractivity contribution in [2.75, 3.05) is 14.2 Å². The van der Waals surface area contributed by atoms with Crippen LogP contribution in [0, 0.1) is 5.92 Å². The number of carboxylic acids is 1. The van der Waals surface area contributed by atoms with Crippen molar-refractivity contribution in [1.29, 1.82) is 0 Å². The molecule has 1 unspecified atom stereocenters. The quantitative estimate of drug-likeness (QED) is 0.714. The fourth-order valence-electron chi connectivity index (χ4n) is 3.42. The third kappa shape index (κ3) is 5.66. The molecule has 0 aliphatic heterocycles. The lowest BCUT2D eigenvalue weighted by Gasteiger charge is -2.21. The van der Waals surface area contributed by atoms with Crippen LogP contribution in [0.5, 0.6) is 11.5 Å². The van der Waals surface area contributed by atoms with Crippen molar-refractivity contribution in [3.05, 3.63) is 23.8 Å². The molecule has 2 N–H and O–H groups in total. The van der Waals surface area contributed by atoms with Gasteiger partial charge in [0.05, 0.1) is 26.7 Å². The van der Waals surface area contributed by atoms with Crippen molar-refractivity contribution < 1.29 is 24.2 Å². The lowest BCUT2D eigenvalue weighted by atomic mass is 9.99. The van der Waals surface area contributed by atoms with Crippen LogP contribution >= 0.6 is 0 Å². The molecule has 1 aliphatic carbocycles. The molecule has 0 aromatic heterocycles. The van der Waals surface area contributed by atoms with Gasteiger partial charge in [-0.3, -0.25) is 9.59 Å². The van der Waals surface area contributed by atoms with Crippen LogP contribution in [-0.2, 0) is 9.59 Å². The highest BCUT2D eigenvalue weighted by molar-refractivity contribution is 5.78. The topological polar surface area (TPSA) is 84.9 Å². The number of benzene rings is 1. The summed E-state index contributed by atoms with van der Waals surface area (Å²) in [5.74, 6) is 0.651. The molecule has 138 valence electrons. The zero-order valence-corrected chi connectivity index (χ0v) is 14.9. The molecule has 1 saturated carbocycles. The van der Waals surface area contributed by atoms with Gasteiger partial charge in [0.1, 0.15) is 11.5 Å². The number of amides is 1. The van der Waals surface area contributed by atoms with E-state index in [0.717, 1.165) is 6.42 Å². The minimum absolute atomic E-state index is 0.115. The van der Waals surface area contributed by atoms with E-state index >= 15 is 0 Å². The van der Waals surface area contributed by atoms with Crippen molar-refractivity contribution in [3.8, 4) is 11.5 Å². The lowest BCUT2D eigenvalue weighted by Crippen LogP contribution is -2.30. The molecule has 1 aromatic carbocycles. The first-order valence-electron chi connectivity index (χ1n) is 8.76. The van der Waals surface area contributed by atoms with Gasteiger partial charge in [-0.05, 0) is 24.5 Å². The van der Waals surface area contributed by atoms with Crippen LogP contribution in [0.1, 0.15) is 56.6 Å². The molecule has 6 nitrogen and oxygen atoms in total. The van der Waals surface area contributed by atoms with Crippen molar-refractivity contribution in [3.63, 3.8) is 0 Å². The summed E-state index contributed by atoms with van der Waals surface area (Å²) < 4.78 is 10.5. The summed E-state index contributed by atoms with van der Waals surface area (Å²) in [7, 11) is 3.06. The molecular weight excluding hydrogens is 322 g/mol. The highest BCUT2D eigenvalue weighted by Crippen LogP contribution is 2.32. The largest absolute Gasteiger partial charge is 0.497 e. The van der Waals surface area contributed by atoms with Crippen LogP contribution in [0.4, 0.5) is 0 Å². The second-order valence-electron chi connectivity index (χ2n) is 6.52. The van der Waals surface area contributed by atoms with E-state index in [0.29, 0.717) is 29.4 Å². The fourth-order valence-corrected chi connectivity index (χ4v) is 3.42. The van der Waals surface area contributed by atoms with Crippen LogP contribution in [-0.4, -0.2) is 31.2 Å². The number of hydrogen-bond donors (Lipinski definition) is 2. The smallest absolute Gasteiger partial charge is 0.305 e. The summed E-state index contributed by atoms with van der Waals surface area (Å²) in [6, 6.07) is 4.53. The Morgan fingerprint density at radius 2 is 1.96 bits per heavy atom. The Kier molecular flexibility index (Phi) is 7.10. The van der Waals surface area contributed by atoms with Crippen LogP contribution < -0.4 is 14.8 Å². The average molecular weight is 349 g/mol. The van der Waals surface area contributed by atoms with Gasteiger partial charge in [0.25, 0.3) is 0 Å². The Bertz CT molecular complexity index is 595. The zero-order chi connectivity index (χ0) is 18.2. The molecule has 1 aromatic rings. The Morgan fingerprint density at radius 3 is 2.56 bits per heavy atom. The molecule has 2 rings (SSSR count). The number of carbonyl (C=O) groups is 2. The maximum Gasteiger partial charge on any atom is 0.305 e. The number of aliphatic carboxylic acids is 1. The van der Waals surface area contributed by atoms with Crippen LogP contribution in [0.3, 0.4) is 0 Å². The first kappa shape index (κ1) is 19.1. The molecule has 1 fully saturated rings. The molecule has 0 bridgehead atoms. The number of hydrogen-bond acceptors (Lipinski definition) is 4. The standard InChI is InChI=1S/C19H27NO5/c1-24-14-8-9-15(17(11-14)25-2)16(12-19(22)23)20-18(21)10-7-13-5-3-4-6-13/h8-9,11,13,16H,3-7,10,12H2,1-2H3,(H,20,21)(H,22,23). The number of rotatable bonds is 9. The first-order valence-corrected chi connectivity index (χ1v) is 8.76. The second-order valence-corrected chi connectivity index (χ2v) is 6.52. The minimum atomic E-state index is -0.973. The Hall–Kier alpha value is -2.24. The van der Waals surface area contributed by atoms with Crippen molar-refractivity contribution in [1.82, 2.24) is 5.32 Å². The van der Waals surface area contributed by atoms with Crippen molar-refractivity contribution >= 4 is 11.9 Å². The summed E-state index contributed by atoms with van der Waals surface area (Å²) in [5.41, 5.74) is 0.639. The molecular formula is C19H27NO5. The minimum Gasteiger partial charge on any atom is -0.497 e. The molecule has 0 heterocycles. The third-order valence-electron chi connectivity index (χ3n) is 4.78. The molecule has 6 heteroatoms. The van der Waals surface area contributed by atoms with E-state index in [1.807, 2.05) is 0 Å². The summed E-state index contributed by atoms with van der Waals surface area (Å²) in [5, 5.41) is 12.1. The molecule has 0 spiro atoms. The summed E-state index contributed by atoms with van der Waals surface area (Å²) >= 11 is 0. The van der Waals surface area contributed by atoms with E-state index in [2.05, 4.69) is 5.32 Å². The van der Waals surface area contributed by atoms with E-state index in [9.17, 15) is 14.7 Å². The summed E-state index contributed by atoms with van der Waals surface area (Å²) in [4.78, 5) is 23.6. The predicted molar refractivity (Wildman–Crippen MR) is 93.9 cm³/mol. The van der Waals surface area contributed by atoms with E-state index in [4.69, 9.17) is 9.47 Å². The number of ether oxygens (including phenoxy) is 2.